The minimum absolute atomic E-state index is 0.447. The summed E-state index contributed by atoms with van der Waals surface area (Å²) in [6.45, 7) is 0.719. The standard InChI is InChI=1S/C16H13N5O2S2/c1-2-5-11(6-3-1)9-17-15-19-20-16(25-15)24-10-13-18-14(21-23-13)12-7-4-8-22-12/h1-8H,9-10H2,(H,17,19). The number of hydrogen-bond acceptors (Lipinski definition) is 9. The van der Waals surface area contributed by atoms with Gasteiger partial charge in [-0.05, 0) is 17.7 Å². The zero-order chi connectivity index (χ0) is 16.9. The van der Waals surface area contributed by atoms with E-state index in [2.05, 4.69) is 37.8 Å². The minimum Gasteiger partial charge on any atom is -0.461 e. The number of hydrogen-bond donors (Lipinski definition) is 1. The van der Waals surface area contributed by atoms with Crippen molar-refractivity contribution in [3.8, 4) is 11.6 Å². The van der Waals surface area contributed by atoms with Crippen LogP contribution in [0, 0.1) is 0 Å². The fourth-order valence-electron chi connectivity index (χ4n) is 2.06. The number of aromatic nitrogens is 4. The van der Waals surface area contributed by atoms with Crippen LogP contribution in [0.15, 0.2) is 62.0 Å². The SMILES string of the molecule is c1ccc(CNc2nnc(SCc3nc(-c4ccco4)no3)s2)cc1. The van der Waals surface area contributed by atoms with E-state index in [1.54, 1.807) is 18.4 Å². The van der Waals surface area contributed by atoms with E-state index in [0.29, 0.717) is 23.2 Å². The van der Waals surface area contributed by atoms with Gasteiger partial charge in [0.1, 0.15) is 0 Å². The largest absolute Gasteiger partial charge is 0.461 e. The van der Waals surface area contributed by atoms with Crippen LogP contribution in [0.3, 0.4) is 0 Å². The highest BCUT2D eigenvalue weighted by molar-refractivity contribution is 8.00. The first-order chi connectivity index (χ1) is 12.4. The lowest BCUT2D eigenvalue weighted by Crippen LogP contribution is -1.98. The lowest BCUT2D eigenvalue weighted by molar-refractivity contribution is 0.390. The second kappa shape index (κ2) is 7.49. The first kappa shape index (κ1) is 15.9. The number of anilines is 1. The summed E-state index contributed by atoms with van der Waals surface area (Å²) in [5.74, 6) is 2.08. The van der Waals surface area contributed by atoms with Gasteiger partial charge in [0.25, 0.3) is 0 Å². The molecule has 0 bridgehead atoms. The molecule has 0 atom stereocenters. The number of nitrogens with one attached hydrogen (secondary N) is 1. The molecule has 0 unspecified atom stereocenters. The Morgan fingerprint density at radius 3 is 2.84 bits per heavy atom. The summed E-state index contributed by atoms with van der Waals surface area (Å²) in [7, 11) is 0. The molecule has 0 aliphatic heterocycles. The van der Waals surface area contributed by atoms with E-state index >= 15 is 0 Å². The Hall–Kier alpha value is -2.65. The highest BCUT2D eigenvalue weighted by Crippen LogP contribution is 2.28. The Morgan fingerprint density at radius 2 is 2.00 bits per heavy atom. The van der Waals surface area contributed by atoms with E-state index in [-0.39, 0.29) is 0 Å². The first-order valence-corrected chi connectivity index (χ1v) is 9.27. The summed E-state index contributed by atoms with van der Waals surface area (Å²) in [5.41, 5.74) is 1.20. The van der Waals surface area contributed by atoms with Crippen LogP contribution < -0.4 is 5.32 Å². The molecule has 3 aromatic heterocycles. The molecule has 0 aliphatic rings. The maximum absolute atomic E-state index is 5.24. The average Bonchev–Trinajstić information content (AvgIpc) is 3.40. The second-order valence-electron chi connectivity index (χ2n) is 4.99. The fraction of sp³-hybridized carbons (Fsp3) is 0.125. The molecule has 0 saturated carbocycles. The summed E-state index contributed by atoms with van der Waals surface area (Å²) in [6, 6.07) is 13.7. The maximum Gasteiger partial charge on any atom is 0.238 e. The minimum atomic E-state index is 0.447. The number of benzene rings is 1. The third kappa shape index (κ3) is 4.06. The third-order valence-corrected chi connectivity index (χ3v) is 5.22. The summed E-state index contributed by atoms with van der Waals surface area (Å²) in [4.78, 5) is 4.30. The molecule has 4 rings (SSSR count). The lowest BCUT2D eigenvalue weighted by atomic mass is 10.2. The smallest absolute Gasteiger partial charge is 0.238 e. The maximum atomic E-state index is 5.24. The molecule has 9 heteroatoms. The normalized spacial score (nSPS) is 10.9. The van der Waals surface area contributed by atoms with Gasteiger partial charge in [-0.3, -0.25) is 0 Å². The Kier molecular flexibility index (Phi) is 4.75. The molecule has 126 valence electrons. The monoisotopic (exact) mass is 371 g/mol. The van der Waals surface area contributed by atoms with Gasteiger partial charge < -0.3 is 14.3 Å². The molecule has 0 saturated heterocycles. The van der Waals surface area contributed by atoms with Gasteiger partial charge in [0, 0.05) is 6.54 Å². The van der Waals surface area contributed by atoms with Gasteiger partial charge in [-0.2, -0.15) is 4.98 Å². The molecule has 0 aliphatic carbocycles. The van der Waals surface area contributed by atoms with E-state index in [1.807, 2.05) is 18.2 Å². The predicted molar refractivity (Wildman–Crippen MR) is 95.2 cm³/mol. The molecule has 3 heterocycles. The molecule has 0 spiro atoms. The van der Waals surface area contributed by atoms with E-state index in [4.69, 9.17) is 8.94 Å². The molecule has 1 aromatic carbocycles. The van der Waals surface area contributed by atoms with E-state index in [1.165, 1.54) is 28.7 Å². The van der Waals surface area contributed by atoms with Crippen molar-refractivity contribution in [3.05, 3.63) is 60.2 Å². The Balaban J connectivity index is 1.31. The van der Waals surface area contributed by atoms with Crippen LogP contribution in [0.1, 0.15) is 11.5 Å². The van der Waals surface area contributed by atoms with Gasteiger partial charge in [0.2, 0.25) is 16.8 Å². The van der Waals surface area contributed by atoms with Gasteiger partial charge in [-0.1, -0.05) is 58.6 Å². The van der Waals surface area contributed by atoms with Crippen LogP contribution in [0.5, 0.6) is 0 Å². The van der Waals surface area contributed by atoms with Crippen molar-refractivity contribution in [2.75, 3.05) is 5.32 Å². The summed E-state index contributed by atoms with van der Waals surface area (Å²) < 4.78 is 11.3. The molecule has 7 nitrogen and oxygen atoms in total. The zero-order valence-electron chi connectivity index (χ0n) is 13.0. The summed E-state index contributed by atoms with van der Waals surface area (Å²) in [5, 5.41) is 16.3. The lowest BCUT2D eigenvalue weighted by Gasteiger charge is -2.00. The quantitative estimate of drug-likeness (QED) is 0.486. The third-order valence-electron chi connectivity index (χ3n) is 3.22. The van der Waals surface area contributed by atoms with Gasteiger partial charge >= 0.3 is 0 Å². The van der Waals surface area contributed by atoms with Crippen LogP contribution in [0.2, 0.25) is 0 Å². The van der Waals surface area contributed by atoms with E-state index in [0.717, 1.165) is 16.0 Å². The fourth-order valence-corrected chi connectivity index (χ4v) is 3.64. The predicted octanol–water partition coefficient (Wildman–Crippen LogP) is 4.09. The van der Waals surface area contributed by atoms with Crippen LogP contribution in [0.25, 0.3) is 11.6 Å². The Morgan fingerprint density at radius 1 is 1.08 bits per heavy atom. The Bertz CT molecular complexity index is 921. The molecular formula is C16H13N5O2S2. The number of thioether (sulfide) groups is 1. The summed E-state index contributed by atoms with van der Waals surface area (Å²) in [6.07, 6.45) is 1.57. The molecule has 4 aromatic rings. The van der Waals surface area contributed by atoms with Crippen LogP contribution in [-0.2, 0) is 12.3 Å². The number of furan rings is 1. The summed E-state index contributed by atoms with van der Waals surface area (Å²) >= 11 is 3.00. The van der Waals surface area contributed by atoms with Crippen molar-refractivity contribution < 1.29 is 8.94 Å². The Labute approximate surface area is 151 Å². The van der Waals surface area contributed by atoms with E-state index < -0.39 is 0 Å². The van der Waals surface area contributed by atoms with Gasteiger partial charge in [-0.15, -0.1) is 10.2 Å². The molecule has 1 N–H and O–H groups in total. The van der Waals surface area contributed by atoms with Crippen molar-refractivity contribution >= 4 is 28.2 Å². The van der Waals surface area contributed by atoms with E-state index in [9.17, 15) is 0 Å². The van der Waals surface area contributed by atoms with Crippen molar-refractivity contribution in [1.82, 2.24) is 20.3 Å². The van der Waals surface area contributed by atoms with Crippen molar-refractivity contribution in [1.29, 1.82) is 0 Å². The number of nitrogens with zero attached hydrogens (tertiary/aromatic N) is 4. The molecule has 0 fully saturated rings. The van der Waals surface area contributed by atoms with Crippen LogP contribution in [-0.4, -0.2) is 20.3 Å². The van der Waals surface area contributed by atoms with Crippen molar-refractivity contribution in [2.24, 2.45) is 0 Å². The van der Waals surface area contributed by atoms with Gasteiger partial charge in [0.05, 0.1) is 12.0 Å². The average molecular weight is 371 g/mol. The highest BCUT2D eigenvalue weighted by atomic mass is 32.2. The molecule has 25 heavy (non-hydrogen) atoms. The zero-order valence-corrected chi connectivity index (χ0v) is 14.6. The molecule has 0 radical (unpaired) electrons. The number of rotatable bonds is 7. The molecule has 0 amide bonds. The van der Waals surface area contributed by atoms with Gasteiger partial charge in [0.15, 0.2) is 10.1 Å². The highest BCUT2D eigenvalue weighted by Gasteiger charge is 2.12. The van der Waals surface area contributed by atoms with Gasteiger partial charge in [-0.25, -0.2) is 0 Å². The molecular weight excluding hydrogens is 358 g/mol. The topological polar surface area (TPSA) is 89.9 Å². The van der Waals surface area contributed by atoms with Crippen LogP contribution >= 0.6 is 23.1 Å². The van der Waals surface area contributed by atoms with Crippen molar-refractivity contribution in [3.63, 3.8) is 0 Å². The van der Waals surface area contributed by atoms with Crippen LogP contribution in [0.4, 0.5) is 5.13 Å². The second-order valence-corrected chi connectivity index (χ2v) is 7.19. The first-order valence-electron chi connectivity index (χ1n) is 7.47. The van der Waals surface area contributed by atoms with Crippen molar-refractivity contribution in [2.45, 2.75) is 16.6 Å².